The van der Waals surface area contributed by atoms with Gasteiger partial charge in [0.15, 0.2) is 0 Å². The van der Waals surface area contributed by atoms with Gasteiger partial charge < -0.3 is 10.6 Å². The topological polar surface area (TPSA) is 41.1 Å². The number of hydrogen-bond acceptors (Lipinski definition) is 2. The van der Waals surface area contributed by atoms with E-state index in [4.69, 9.17) is 0 Å². The molecule has 3 nitrogen and oxygen atoms in total. The molecule has 0 aliphatic heterocycles. The highest BCUT2D eigenvalue weighted by Crippen LogP contribution is 1.99. The van der Waals surface area contributed by atoms with E-state index < -0.39 is 0 Å². The van der Waals surface area contributed by atoms with Crippen LogP contribution >= 0.6 is 0 Å². The first kappa shape index (κ1) is 15.4. The molecule has 0 rings (SSSR count). The number of rotatable bonds is 9. The summed E-state index contributed by atoms with van der Waals surface area (Å²) in [6.07, 6.45) is 5.60. The SMILES string of the molecule is CCCCC(C)NCC(=O)NC(CC)CC. The number of amides is 1. The van der Waals surface area contributed by atoms with Gasteiger partial charge in [0.05, 0.1) is 6.54 Å². The summed E-state index contributed by atoms with van der Waals surface area (Å²) in [4.78, 5) is 11.6. The third-order valence-electron chi connectivity index (χ3n) is 2.95. The van der Waals surface area contributed by atoms with E-state index in [1.807, 2.05) is 0 Å². The Balaban J connectivity index is 3.63. The van der Waals surface area contributed by atoms with Crippen LogP contribution < -0.4 is 10.6 Å². The predicted octanol–water partition coefficient (Wildman–Crippen LogP) is 2.46. The normalized spacial score (nSPS) is 12.8. The molecular formula is C13H28N2O. The molecule has 3 heteroatoms. The molecule has 0 heterocycles. The molecule has 0 fully saturated rings. The molecule has 1 unspecified atom stereocenters. The summed E-state index contributed by atoms with van der Waals surface area (Å²) in [5, 5.41) is 6.29. The van der Waals surface area contributed by atoms with Crippen LogP contribution in [0.25, 0.3) is 0 Å². The first-order valence-electron chi connectivity index (χ1n) is 6.66. The first-order chi connectivity index (χ1) is 7.63. The molecule has 0 aliphatic rings. The smallest absolute Gasteiger partial charge is 0.234 e. The summed E-state index contributed by atoms with van der Waals surface area (Å²) < 4.78 is 0. The minimum atomic E-state index is 0.122. The average Bonchev–Trinajstić information content (AvgIpc) is 2.30. The number of carbonyl (C=O) groups excluding carboxylic acids is 1. The van der Waals surface area contributed by atoms with E-state index in [0.717, 1.165) is 19.3 Å². The van der Waals surface area contributed by atoms with Gasteiger partial charge in [-0.05, 0) is 26.2 Å². The highest BCUT2D eigenvalue weighted by Gasteiger charge is 2.09. The Morgan fingerprint density at radius 3 is 2.31 bits per heavy atom. The number of unbranched alkanes of at least 4 members (excludes halogenated alkanes) is 1. The number of hydrogen-bond donors (Lipinski definition) is 2. The van der Waals surface area contributed by atoms with Crippen molar-refractivity contribution >= 4 is 5.91 Å². The molecule has 16 heavy (non-hydrogen) atoms. The highest BCUT2D eigenvalue weighted by atomic mass is 16.1. The Morgan fingerprint density at radius 1 is 1.19 bits per heavy atom. The molecule has 2 N–H and O–H groups in total. The standard InChI is InChI=1S/C13H28N2O/c1-5-8-9-11(4)14-10-13(16)15-12(6-2)7-3/h11-12,14H,5-10H2,1-4H3,(H,15,16). The molecule has 0 bridgehead atoms. The Bertz CT molecular complexity index is 179. The van der Waals surface area contributed by atoms with E-state index in [-0.39, 0.29) is 5.91 Å². The Labute approximate surface area is 100 Å². The van der Waals surface area contributed by atoms with Gasteiger partial charge in [0.1, 0.15) is 0 Å². The quantitative estimate of drug-likeness (QED) is 0.636. The lowest BCUT2D eigenvalue weighted by atomic mass is 10.1. The number of carbonyl (C=O) groups is 1. The molecule has 0 aromatic carbocycles. The van der Waals surface area contributed by atoms with Gasteiger partial charge in [-0.15, -0.1) is 0 Å². The summed E-state index contributed by atoms with van der Waals surface area (Å²) in [5.41, 5.74) is 0. The molecule has 0 aromatic rings. The Kier molecular flexibility index (Phi) is 9.30. The fraction of sp³-hybridized carbons (Fsp3) is 0.923. The summed E-state index contributed by atoms with van der Waals surface area (Å²) in [5.74, 6) is 0.122. The molecule has 1 atom stereocenters. The first-order valence-corrected chi connectivity index (χ1v) is 6.66. The van der Waals surface area contributed by atoms with Crippen molar-refractivity contribution in [3.8, 4) is 0 Å². The van der Waals surface area contributed by atoms with E-state index in [9.17, 15) is 4.79 Å². The third-order valence-corrected chi connectivity index (χ3v) is 2.95. The third kappa shape index (κ3) is 7.69. The van der Waals surface area contributed by atoms with Crippen molar-refractivity contribution in [1.82, 2.24) is 10.6 Å². The average molecular weight is 228 g/mol. The van der Waals surface area contributed by atoms with Gasteiger partial charge in [0, 0.05) is 12.1 Å². The van der Waals surface area contributed by atoms with Crippen LogP contribution in [0.1, 0.15) is 59.8 Å². The lowest BCUT2D eigenvalue weighted by Crippen LogP contribution is -2.42. The van der Waals surface area contributed by atoms with Crippen molar-refractivity contribution in [1.29, 1.82) is 0 Å². The van der Waals surface area contributed by atoms with Gasteiger partial charge in [-0.1, -0.05) is 33.6 Å². The van der Waals surface area contributed by atoms with Crippen LogP contribution in [0.3, 0.4) is 0 Å². The van der Waals surface area contributed by atoms with E-state index >= 15 is 0 Å². The summed E-state index contributed by atoms with van der Waals surface area (Å²) in [6.45, 7) is 8.98. The minimum Gasteiger partial charge on any atom is -0.352 e. The zero-order valence-electron chi connectivity index (χ0n) is 11.3. The number of nitrogens with one attached hydrogen (secondary N) is 2. The lowest BCUT2D eigenvalue weighted by Gasteiger charge is -2.17. The second-order valence-electron chi connectivity index (χ2n) is 4.51. The van der Waals surface area contributed by atoms with Crippen molar-refractivity contribution < 1.29 is 4.79 Å². The molecule has 0 aliphatic carbocycles. The molecule has 0 saturated carbocycles. The Hall–Kier alpha value is -0.570. The minimum absolute atomic E-state index is 0.122. The fourth-order valence-corrected chi connectivity index (χ4v) is 1.65. The van der Waals surface area contributed by atoms with Crippen LogP contribution in [0.2, 0.25) is 0 Å². The van der Waals surface area contributed by atoms with Crippen molar-refractivity contribution in [2.24, 2.45) is 0 Å². The molecule has 0 radical (unpaired) electrons. The van der Waals surface area contributed by atoms with Gasteiger partial charge in [-0.2, -0.15) is 0 Å². The summed E-state index contributed by atoms with van der Waals surface area (Å²) >= 11 is 0. The van der Waals surface area contributed by atoms with Gasteiger partial charge in [0.25, 0.3) is 0 Å². The molecule has 1 amide bonds. The fourth-order valence-electron chi connectivity index (χ4n) is 1.65. The predicted molar refractivity (Wildman–Crippen MR) is 69.5 cm³/mol. The van der Waals surface area contributed by atoms with Gasteiger partial charge in [-0.3, -0.25) is 4.79 Å². The molecule has 0 aromatic heterocycles. The second kappa shape index (κ2) is 9.64. The molecule has 0 spiro atoms. The Morgan fingerprint density at radius 2 is 1.81 bits per heavy atom. The maximum absolute atomic E-state index is 11.6. The largest absolute Gasteiger partial charge is 0.352 e. The van der Waals surface area contributed by atoms with Crippen LogP contribution in [0.4, 0.5) is 0 Å². The maximum atomic E-state index is 11.6. The van der Waals surface area contributed by atoms with E-state index in [1.165, 1.54) is 12.8 Å². The zero-order valence-corrected chi connectivity index (χ0v) is 11.3. The van der Waals surface area contributed by atoms with Crippen LogP contribution in [-0.4, -0.2) is 24.5 Å². The second-order valence-corrected chi connectivity index (χ2v) is 4.51. The van der Waals surface area contributed by atoms with Crippen LogP contribution in [0, 0.1) is 0 Å². The van der Waals surface area contributed by atoms with Crippen LogP contribution in [-0.2, 0) is 4.79 Å². The summed E-state index contributed by atoms with van der Waals surface area (Å²) in [6, 6.07) is 0.771. The molecular weight excluding hydrogens is 200 g/mol. The van der Waals surface area contributed by atoms with Gasteiger partial charge in [-0.25, -0.2) is 0 Å². The van der Waals surface area contributed by atoms with Crippen molar-refractivity contribution in [2.75, 3.05) is 6.54 Å². The highest BCUT2D eigenvalue weighted by molar-refractivity contribution is 5.78. The molecule has 96 valence electrons. The summed E-state index contributed by atoms with van der Waals surface area (Å²) in [7, 11) is 0. The maximum Gasteiger partial charge on any atom is 0.234 e. The van der Waals surface area contributed by atoms with E-state index in [1.54, 1.807) is 0 Å². The molecule has 0 saturated heterocycles. The van der Waals surface area contributed by atoms with Crippen molar-refractivity contribution in [3.63, 3.8) is 0 Å². The van der Waals surface area contributed by atoms with Crippen molar-refractivity contribution in [3.05, 3.63) is 0 Å². The van der Waals surface area contributed by atoms with E-state index in [2.05, 4.69) is 38.3 Å². The van der Waals surface area contributed by atoms with Gasteiger partial charge >= 0.3 is 0 Å². The lowest BCUT2D eigenvalue weighted by molar-refractivity contribution is -0.121. The monoisotopic (exact) mass is 228 g/mol. The zero-order chi connectivity index (χ0) is 12.4. The van der Waals surface area contributed by atoms with Crippen molar-refractivity contribution in [2.45, 2.75) is 71.9 Å². The van der Waals surface area contributed by atoms with Gasteiger partial charge in [0.2, 0.25) is 5.91 Å². The van der Waals surface area contributed by atoms with E-state index in [0.29, 0.717) is 18.6 Å². The van der Waals surface area contributed by atoms with Crippen LogP contribution in [0.5, 0.6) is 0 Å². The van der Waals surface area contributed by atoms with Crippen LogP contribution in [0.15, 0.2) is 0 Å².